The number of benzene rings is 1. The number of halogens is 1. The molecule has 1 amide bonds. The third kappa shape index (κ3) is 4.97. The lowest BCUT2D eigenvalue weighted by Crippen LogP contribution is -2.47. The fourth-order valence-corrected chi connectivity index (χ4v) is 4.28. The number of aromatic nitrogens is 3. The number of carbonyl (C=O) groups excluding carboxylic acids is 1. The summed E-state index contributed by atoms with van der Waals surface area (Å²) in [5, 5.41) is 0.635. The maximum absolute atomic E-state index is 11.7. The summed E-state index contributed by atoms with van der Waals surface area (Å²) in [5.41, 5.74) is 3.21. The molecule has 1 N–H and O–H groups in total. The molecule has 2 aromatic heterocycles. The van der Waals surface area contributed by atoms with E-state index < -0.39 is 10.0 Å². The Balaban J connectivity index is 1.73. The van der Waals surface area contributed by atoms with Crippen LogP contribution in [0.15, 0.2) is 36.7 Å². The molecule has 1 aliphatic rings. The molecule has 1 saturated heterocycles. The molecule has 1 fully saturated rings. The first kappa shape index (κ1) is 21.5. The van der Waals surface area contributed by atoms with Crippen LogP contribution in [0.4, 0.5) is 5.82 Å². The molecular weight excluding hydrogens is 440 g/mol. The summed E-state index contributed by atoms with van der Waals surface area (Å²) in [6.45, 7) is 5.00. The van der Waals surface area contributed by atoms with E-state index >= 15 is 0 Å². The number of hydrogen-bond donors (Lipinski definition) is 1. The van der Waals surface area contributed by atoms with Gasteiger partial charge in [-0.05, 0) is 12.1 Å². The van der Waals surface area contributed by atoms with Gasteiger partial charge in [-0.3, -0.25) is 18.8 Å². The van der Waals surface area contributed by atoms with E-state index in [-0.39, 0.29) is 11.7 Å². The topological polar surface area (TPSA) is 99.9 Å². The number of rotatable bonds is 5. The Morgan fingerprint density at radius 3 is 2.45 bits per heavy atom. The van der Waals surface area contributed by atoms with E-state index in [2.05, 4.69) is 14.6 Å². The molecule has 9 nitrogen and oxygen atoms in total. The highest BCUT2D eigenvalue weighted by molar-refractivity contribution is 7.92. The quantitative estimate of drug-likeness (QED) is 0.623. The largest absolute Gasteiger partial charge is 0.340 e. The summed E-state index contributed by atoms with van der Waals surface area (Å²) in [5.74, 6) is 0.302. The normalized spacial score (nSPS) is 15.4. The van der Waals surface area contributed by atoms with Gasteiger partial charge in [0.15, 0.2) is 11.5 Å². The second-order valence-corrected chi connectivity index (χ2v) is 9.76. The molecule has 0 aliphatic carbocycles. The lowest BCUT2D eigenvalue weighted by Gasteiger charge is -2.34. The summed E-state index contributed by atoms with van der Waals surface area (Å²) in [6, 6.07) is 7.44. The number of amides is 1. The van der Waals surface area contributed by atoms with Crippen LogP contribution < -0.4 is 4.72 Å². The summed E-state index contributed by atoms with van der Waals surface area (Å²) in [7, 11) is -3.46. The molecule has 1 aliphatic heterocycles. The van der Waals surface area contributed by atoms with E-state index in [0.717, 1.165) is 36.3 Å². The second kappa shape index (κ2) is 8.45. The molecule has 11 heteroatoms. The van der Waals surface area contributed by atoms with Crippen LogP contribution in [-0.4, -0.2) is 70.9 Å². The highest BCUT2D eigenvalue weighted by atomic mass is 35.5. The van der Waals surface area contributed by atoms with Gasteiger partial charge >= 0.3 is 0 Å². The van der Waals surface area contributed by atoms with Crippen LogP contribution in [0.1, 0.15) is 12.6 Å². The van der Waals surface area contributed by atoms with Crippen LogP contribution in [0.2, 0.25) is 5.02 Å². The molecule has 3 heterocycles. The Labute approximate surface area is 185 Å². The van der Waals surface area contributed by atoms with Gasteiger partial charge in [0.05, 0.1) is 30.0 Å². The minimum absolute atomic E-state index is 0.0823. The van der Waals surface area contributed by atoms with Gasteiger partial charge in [0.1, 0.15) is 0 Å². The first-order chi connectivity index (χ1) is 14.7. The van der Waals surface area contributed by atoms with Gasteiger partial charge < -0.3 is 4.90 Å². The highest BCUT2D eigenvalue weighted by Gasteiger charge is 2.22. The van der Waals surface area contributed by atoms with Crippen molar-refractivity contribution in [3.05, 3.63) is 47.4 Å². The molecule has 0 spiro atoms. The molecule has 0 atom stereocenters. The van der Waals surface area contributed by atoms with Crippen molar-refractivity contribution in [3.8, 4) is 11.3 Å². The summed E-state index contributed by atoms with van der Waals surface area (Å²) in [6.07, 6.45) is 4.27. The van der Waals surface area contributed by atoms with Crippen molar-refractivity contribution in [2.24, 2.45) is 0 Å². The third-order valence-electron chi connectivity index (χ3n) is 5.21. The van der Waals surface area contributed by atoms with E-state index in [1.807, 2.05) is 33.6 Å². The van der Waals surface area contributed by atoms with Crippen LogP contribution in [0, 0.1) is 0 Å². The van der Waals surface area contributed by atoms with Gasteiger partial charge in [-0.15, -0.1) is 0 Å². The Morgan fingerprint density at radius 1 is 1.16 bits per heavy atom. The predicted octanol–water partition coefficient (Wildman–Crippen LogP) is 2.09. The zero-order chi connectivity index (χ0) is 22.2. The molecule has 4 rings (SSSR count). The average molecular weight is 463 g/mol. The maximum Gasteiger partial charge on any atom is 0.231 e. The van der Waals surface area contributed by atoms with Gasteiger partial charge in [-0.25, -0.2) is 18.4 Å². The number of imidazole rings is 1. The summed E-state index contributed by atoms with van der Waals surface area (Å²) in [4.78, 5) is 24.7. The van der Waals surface area contributed by atoms with E-state index in [0.29, 0.717) is 30.3 Å². The Bertz CT molecular complexity index is 1220. The number of piperazine rings is 1. The number of sulfonamides is 1. The zero-order valence-corrected chi connectivity index (χ0v) is 18.8. The molecule has 3 aromatic rings. The van der Waals surface area contributed by atoms with Crippen LogP contribution in [0.5, 0.6) is 0 Å². The molecular formula is C20H23ClN6O3S. The number of carbonyl (C=O) groups is 1. The number of hydrogen-bond acceptors (Lipinski definition) is 6. The van der Waals surface area contributed by atoms with Crippen LogP contribution >= 0.6 is 11.6 Å². The van der Waals surface area contributed by atoms with E-state index in [1.165, 1.54) is 0 Å². The first-order valence-electron chi connectivity index (χ1n) is 9.78. The summed E-state index contributed by atoms with van der Waals surface area (Å²) >= 11 is 6.05. The predicted molar refractivity (Wildman–Crippen MR) is 119 cm³/mol. The number of nitrogens with one attached hydrogen (secondary N) is 1. The minimum Gasteiger partial charge on any atom is -0.340 e. The van der Waals surface area contributed by atoms with Crippen molar-refractivity contribution >= 4 is 39.0 Å². The average Bonchev–Trinajstić information content (AvgIpc) is 3.05. The van der Waals surface area contributed by atoms with Gasteiger partial charge in [0, 0.05) is 50.2 Å². The molecule has 164 valence electrons. The first-order valence-corrected chi connectivity index (χ1v) is 12.0. The maximum atomic E-state index is 11.7. The Morgan fingerprint density at radius 2 is 1.84 bits per heavy atom. The fourth-order valence-electron chi connectivity index (χ4n) is 3.67. The van der Waals surface area contributed by atoms with Gasteiger partial charge in [-0.1, -0.05) is 23.7 Å². The highest BCUT2D eigenvalue weighted by Crippen LogP contribution is 2.28. The fraction of sp³-hybridized carbons (Fsp3) is 0.350. The molecule has 0 unspecified atom stereocenters. The van der Waals surface area contributed by atoms with E-state index in [1.54, 1.807) is 19.3 Å². The van der Waals surface area contributed by atoms with Crippen molar-refractivity contribution in [1.29, 1.82) is 0 Å². The van der Waals surface area contributed by atoms with Gasteiger partial charge in [0.25, 0.3) is 0 Å². The molecule has 0 saturated carbocycles. The van der Waals surface area contributed by atoms with E-state index in [4.69, 9.17) is 16.6 Å². The molecule has 1 aromatic carbocycles. The summed E-state index contributed by atoms with van der Waals surface area (Å²) < 4.78 is 27.6. The Hall–Kier alpha value is -2.69. The lowest BCUT2D eigenvalue weighted by atomic mass is 10.1. The number of nitrogens with zero attached hydrogens (tertiary/aromatic N) is 5. The minimum atomic E-state index is -3.46. The molecule has 0 bridgehead atoms. The standard InChI is InChI=1S/C20H23ClN6O3S/c1-14(28)26-9-7-25(8-10-26)12-17-20(15-3-5-16(21)6-4-15)23-19-11-22-18(13-27(17)19)24-31(2,29)30/h3-6,11,13,24H,7-10,12H2,1-2H3. The van der Waals surface area contributed by atoms with Crippen LogP contribution in [0.25, 0.3) is 16.9 Å². The monoisotopic (exact) mass is 462 g/mol. The van der Waals surface area contributed by atoms with Crippen molar-refractivity contribution in [2.75, 3.05) is 37.2 Å². The second-order valence-electron chi connectivity index (χ2n) is 7.57. The van der Waals surface area contributed by atoms with Crippen molar-refractivity contribution < 1.29 is 13.2 Å². The van der Waals surface area contributed by atoms with Crippen molar-refractivity contribution in [1.82, 2.24) is 24.2 Å². The molecule has 31 heavy (non-hydrogen) atoms. The van der Waals surface area contributed by atoms with Gasteiger partial charge in [-0.2, -0.15) is 0 Å². The van der Waals surface area contributed by atoms with Crippen LogP contribution in [0.3, 0.4) is 0 Å². The van der Waals surface area contributed by atoms with E-state index in [9.17, 15) is 13.2 Å². The number of anilines is 1. The lowest BCUT2D eigenvalue weighted by molar-refractivity contribution is -0.130. The molecule has 0 radical (unpaired) electrons. The Kier molecular flexibility index (Phi) is 5.87. The smallest absolute Gasteiger partial charge is 0.231 e. The third-order valence-corrected chi connectivity index (χ3v) is 6.04. The van der Waals surface area contributed by atoms with Gasteiger partial charge in [0.2, 0.25) is 15.9 Å². The SMILES string of the molecule is CC(=O)N1CCN(Cc2c(-c3ccc(Cl)cc3)nc3cnc(NS(C)(=O)=O)cn23)CC1. The van der Waals surface area contributed by atoms with Crippen molar-refractivity contribution in [3.63, 3.8) is 0 Å². The van der Waals surface area contributed by atoms with Crippen molar-refractivity contribution in [2.45, 2.75) is 13.5 Å². The zero-order valence-electron chi connectivity index (χ0n) is 17.2. The number of fused-ring (bicyclic) bond motifs is 1. The van der Waals surface area contributed by atoms with Crippen LogP contribution in [-0.2, 0) is 21.4 Å².